The number of aliphatic hydroxyl groups is 1. The lowest BCUT2D eigenvalue weighted by molar-refractivity contribution is 0.0420. The summed E-state index contributed by atoms with van der Waals surface area (Å²) in [5.74, 6) is 0.292. The number of carbonyl (C=O) groups excluding carboxylic acids is 1. The number of nitrogens with one attached hydrogen (secondary N) is 2. The van der Waals surface area contributed by atoms with E-state index in [1.165, 1.54) is 12.5 Å². The number of imidazole rings is 1. The molecule has 0 spiro atoms. The molecule has 1 heterocycles. The van der Waals surface area contributed by atoms with Gasteiger partial charge in [0.15, 0.2) is 0 Å². The smallest absolute Gasteiger partial charge is 0.269 e. The highest BCUT2D eigenvalue weighted by Crippen LogP contribution is 2.26. The minimum Gasteiger partial charge on any atom is -0.393 e. The molecule has 14 heavy (non-hydrogen) atoms. The third kappa shape index (κ3) is 1.93. The number of rotatable bonds is 3. The zero-order valence-electron chi connectivity index (χ0n) is 7.73. The van der Waals surface area contributed by atoms with Crippen molar-refractivity contribution in [2.45, 2.75) is 18.9 Å². The molecule has 5 heteroatoms. The second kappa shape index (κ2) is 3.79. The summed E-state index contributed by atoms with van der Waals surface area (Å²) in [5.41, 5.74) is 0.477. The Morgan fingerprint density at radius 3 is 3.07 bits per heavy atom. The summed E-state index contributed by atoms with van der Waals surface area (Å²) in [6.07, 6.45) is 4.39. The van der Waals surface area contributed by atoms with E-state index in [9.17, 15) is 4.79 Å². The van der Waals surface area contributed by atoms with E-state index in [0.717, 1.165) is 12.8 Å². The molecule has 1 aliphatic rings. The van der Waals surface area contributed by atoms with Crippen LogP contribution in [0.4, 0.5) is 0 Å². The Kier molecular flexibility index (Phi) is 2.49. The molecule has 0 bridgehead atoms. The summed E-state index contributed by atoms with van der Waals surface area (Å²) >= 11 is 0. The first-order valence-electron chi connectivity index (χ1n) is 4.70. The van der Waals surface area contributed by atoms with Gasteiger partial charge in [0.1, 0.15) is 5.69 Å². The summed E-state index contributed by atoms with van der Waals surface area (Å²) < 4.78 is 0. The van der Waals surface area contributed by atoms with Gasteiger partial charge in [-0.1, -0.05) is 0 Å². The van der Waals surface area contributed by atoms with E-state index < -0.39 is 0 Å². The number of nitrogens with zero attached hydrogens (tertiary/aromatic N) is 1. The lowest BCUT2D eigenvalue weighted by atomic mass is 9.82. The van der Waals surface area contributed by atoms with Gasteiger partial charge in [-0.25, -0.2) is 4.98 Å². The maximum atomic E-state index is 11.4. The van der Waals surface area contributed by atoms with E-state index >= 15 is 0 Å². The maximum Gasteiger partial charge on any atom is 0.269 e. The van der Waals surface area contributed by atoms with Crippen LogP contribution in [0.3, 0.4) is 0 Å². The van der Waals surface area contributed by atoms with Crippen LogP contribution in [-0.4, -0.2) is 33.6 Å². The number of H-pyrrole nitrogens is 1. The van der Waals surface area contributed by atoms with Gasteiger partial charge in [0.2, 0.25) is 0 Å². The van der Waals surface area contributed by atoms with Gasteiger partial charge in [0.25, 0.3) is 5.91 Å². The first kappa shape index (κ1) is 9.21. The lowest BCUT2D eigenvalue weighted by Crippen LogP contribution is -2.38. The van der Waals surface area contributed by atoms with Gasteiger partial charge in [0, 0.05) is 6.54 Å². The zero-order valence-corrected chi connectivity index (χ0v) is 7.73. The normalized spacial score (nSPS) is 25.5. The molecule has 2 rings (SSSR count). The van der Waals surface area contributed by atoms with Crippen molar-refractivity contribution in [2.24, 2.45) is 5.92 Å². The number of amides is 1. The first-order chi connectivity index (χ1) is 6.75. The van der Waals surface area contributed by atoms with Crippen molar-refractivity contribution < 1.29 is 9.90 Å². The second-order valence-electron chi connectivity index (χ2n) is 3.67. The summed E-state index contributed by atoms with van der Waals surface area (Å²) in [4.78, 5) is 17.9. The van der Waals surface area contributed by atoms with Crippen LogP contribution in [0.2, 0.25) is 0 Å². The highest BCUT2D eigenvalue weighted by atomic mass is 16.3. The van der Waals surface area contributed by atoms with Crippen LogP contribution in [0.5, 0.6) is 0 Å². The number of hydrogen-bond acceptors (Lipinski definition) is 3. The van der Waals surface area contributed by atoms with Gasteiger partial charge in [-0.3, -0.25) is 4.79 Å². The molecule has 5 nitrogen and oxygen atoms in total. The van der Waals surface area contributed by atoms with Crippen molar-refractivity contribution in [3.63, 3.8) is 0 Å². The Balaban J connectivity index is 1.74. The minimum absolute atomic E-state index is 0.135. The molecule has 0 unspecified atom stereocenters. The van der Waals surface area contributed by atoms with Crippen molar-refractivity contribution in [2.75, 3.05) is 6.54 Å². The Labute approximate surface area is 81.5 Å². The van der Waals surface area contributed by atoms with Crippen LogP contribution < -0.4 is 5.32 Å². The van der Waals surface area contributed by atoms with E-state index in [4.69, 9.17) is 5.11 Å². The van der Waals surface area contributed by atoms with E-state index in [1.54, 1.807) is 0 Å². The Bertz CT molecular complexity index is 304. The standard InChI is InChI=1S/C9H13N3O2/c13-7-1-6(2-7)3-11-9(14)8-4-10-5-12-8/h4-7,13H,1-3H2,(H,10,12)(H,11,14). The Hall–Kier alpha value is -1.36. The third-order valence-corrected chi connectivity index (χ3v) is 2.50. The molecule has 3 N–H and O–H groups in total. The molecule has 1 amide bonds. The van der Waals surface area contributed by atoms with Gasteiger partial charge >= 0.3 is 0 Å². The van der Waals surface area contributed by atoms with Crippen LogP contribution in [0.15, 0.2) is 12.5 Å². The molecule has 0 atom stereocenters. The summed E-state index contributed by atoms with van der Waals surface area (Å²) in [6, 6.07) is 0. The number of hydrogen-bond donors (Lipinski definition) is 3. The molecule has 1 aromatic heterocycles. The summed E-state index contributed by atoms with van der Waals surface area (Å²) in [6.45, 7) is 0.634. The predicted octanol–water partition coefficient (Wildman–Crippen LogP) is -0.0896. The number of aromatic amines is 1. The average molecular weight is 195 g/mol. The predicted molar refractivity (Wildman–Crippen MR) is 49.7 cm³/mol. The molecular weight excluding hydrogens is 182 g/mol. The zero-order chi connectivity index (χ0) is 9.97. The molecular formula is C9H13N3O2. The van der Waals surface area contributed by atoms with Gasteiger partial charge < -0.3 is 15.4 Å². The monoisotopic (exact) mass is 195 g/mol. The molecule has 0 aromatic carbocycles. The fourth-order valence-electron chi connectivity index (χ4n) is 1.58. The molecule has 1 saturated carbocycles. The van der Waals surface area contributed by atoms with E-state index in [-0.39, 0.29) is 12.0 Å². The molecule has 1 aromatic rings. The Morgan fingerprint density at radius 1 is 1.71 bits per heavy atom. The van der Waals surface area contributed by atoms with Gasteiger partial charge in [0.05, 0.1) is 18.6 Å². The van der Waals surface area contributed by atoms with Crippen molar-refractivity contribution in [3.8, 4) is 0 Å². The quantitative estimate of drug-likeness (QED) is 0.630. The van der Waals surface area contributed by atoms with Gasteiger partial charge in [-0.15, -0.1) is 0 Å². The number of carbonyl (C=O) groups is 1. The fourth-order valence-corrected chi connectivity index (χ4v) is 1.58. The first-order valence-corrected chi connectivity index (χ1v) is 4.70. The van der Waals surface area contributed by atoms with E-state index in [2.05, 4.69) is 15.3 Å². The van der Waals surface area contributed by atoms with Crippen LogP contribution in [-0.2, 0) is 0 Å². The van der Waals surface area contributed by atoms with Crippen LogP contribution in [0.1, 0.15) is 23.3 Å². The van der Waals surface area contributed by atoms with Crippen molar-refractivity contribution in [1.82, 2.24) is 15.3 Å². The molecule has 0 saturated heterocycles. The topological polar surface area (TPSA) is 78.0 Å². The molecule has 76 valence electrons. The second-order valence-corrected chi connectivity index (χ2v) is 3.67. The lowest BCUT2D eigenvalue weighted by Gasteiger charge is -2.31. The molecule has 0 radical (unpaired) electrons. The van der Waals surface area contributed by atoms with Crippen molar-refractivity contribution in [1.29, 1.82) is 0 Å². The van der Waals surface area contributed by atoms with Crippen LogP contribution in [0.25, 0.3) is 0 Å². The highest BCUT2D eigenvalue weighted by Gasteiger charge is 2.27. The number of aromatic nitrogens is 2. The SMILES string of the molecule is O=C(NCC1CC(O)C1)c1cnc[nH]1. The van der Waals surface area contributed by atoms with Crippen LogP contribution in [0, 0.1) is 5.92 Å². The highest BCUT2D eigenvalue weighted by molar-refractivity contribution is 5.91. The average Bonchev–Trinajstić information content (AvgIpc) is 2.62. The van der Waals surface area contributed by atoms with E-state index in [0.29, 0.717) is 18.2 Å². The summed E-state index contributed by atoms with van der Waals surface area (Å²) in [5, 5.41) is 11.8. The maximum absolute atomic E-state index is 11.4. The molecule has 1 fully saturated rings. The largest absolute Gasteiger partial charge is 0.393 e. The van der Waals surface area contributed by atoms with Crippen molar-refractivity contribution >= 4 is 5.91 Å². The summed E-state index contributed by atoms with van der Waals surface area (Å²) in [7, 11) is 0. The third-order valence-electron chi connectivity index (χ3n) is 2.50. The number of aliphatic hydroxyl groups excluding tert-OH is 1. The fraction of sp³-hybridized carbons (Fsp3) is 0.556. The van der Waals surface area contributed by atoms with Gasteiger partial charge in [-0.05, 0) is 18.8 Å². The minimum atomic E-state index is -0.163. The van der Waals surface area contributed by atoms with E-state index in [1.807, 2.05) is 0 Å². The molecule has 1 aliphatic carbocycles. The van der Waals surface area contributed by atoms with Gasteiger partial charge in [-0.2, -0.15) is 0 Å². The van der Waals surface area contributed by atoms with Crippen LogP contribution >= 0.6 is 0 Å². The van der Waals surface area contributed by atoms with Crippen molar-refractivity contribution in [3.05, 3.63) is 18.2 Å². The molecule has 0 aliphatic heterocycles. The Morgan fingerprint density at radius 2 is 2.50 bits per heavy atom.